The predicted octanol–water partition coefficient (Wildman–Crippen LogP) is 3.64. The highest BCUT2D eigenvalue weighted by Crippen LogP contribution is 2.39. The number of nitrogens with zero attached hydrogens (tertiary/aromatic N) is 1. The lowest BCUT2D eigenvalue weighted by Gasteiger charge is -2.41. The van der Waals surface area contributed by atoms with Crippen LogP contribution >= 0.6 is 0 Å². The van der Waals surface area contributed by atoms with Crippen LogP contribution in [-0.2, 0) is 11.3 Å². The molecule has 0 unspecified atom stereocenters. The number of hydrogen-bond acceptors (Lipinski definition) is 4. The minimum Gasteiger partial charge on any atom is -0.489 e. The molecule has 2 fully saturated rings. The van der Waals surface area contributed by atoms with Crippen molar-refractivity contribution in [3.63, 3.8) is 0 Å². The minimum atomic E-state index is 0.406. The molecular weight excluding hydrogens is 336 g/mol. The molecule has 0 bridgehead atoms. The Morgan fingerprint density at radius 2 is 1.67 bits per heavy atom. The molecule has 2 aromatic carbocycles. The lowest BCUT2D eigenvalue weighted by Crippen LogP contribution is -2.47. The van der Waals surface area contributed by atoms with Crippen molar-refractivity contribution in [3.05, 3.63) is 65.7 Å². The smallest absolute Gasteiger partial charge is 0.124 e. The molecule has 2 aromatic rings. The number of benzene rings is 2. The van der Waals surface area contributed by atoms with Crippen LogP contribution in [0.4, 0.5) is 0 Å². The summed E-state index contributed by atoms with van der Waals surface area (Å²) in [5.41, 5.74) is 2.54. The molecule has 2 aliphatic rings. The molecule has 0 aromatic heterocycles. The van der Waals surface area contributed by atoms with Gasteiger partial charge in [0, 0.05) is 51.0 Å². The van der Waals surface area contributed by atoms with Gasteiger partial charge in [-0.05, 0) is 30.4 Å². The number of rotatable bonds is 6. The van der Waals surface area contributed by atoms with Crippen molar-refractivity contribution >= 4 is 0 Å². The molecule has 0 spiro atoms. The quantitative estimate of drug-likeness (QED) is 0.846. The summed E-state index contributed by atoms with van der Waals surface area (Å²) in [6, 6.07) is 19.5. The van der Waals surface area contributed by atoms with Gasteiger partial charge in [0.15, 0.2) is 0 Å². The first kappa shape index (κ1) is 18.5. The molecule has 4 rings (SSSR count). The maximum atomic E-state index is 6.31. The average molecular weight is 367 g/mol. The number of piperazine rings is 1. The van der Waals surface area contributed by atoms with Gasteiger partial charge in [0.25, 0.3) is 0 Å². The Labute approximate surface area is 162 Å². The second-order valence-corrected chi connectivity index (χ2v) is 7.49. The summed E-state index contributed by atoms with van der Waals surface area (Å²) in [5, 5.41) is 3.49. The Hall–Kier alpha value is -1.88. The van der Waals surface area contributed by atoms with E-state index in [1.807, 2.05) is 6.07 Å². The van der Waals surface area contributed by atoms with Gasteiger partial charge in [0.05, 0.1) is 0 Å². The first-order valence-corrected chi connectivity index (χ1v) is 10.2. The molecule has 27 heavy (non-hydrogen) atoms. The standard InChI is InChI=1S/C23H30N2O2/c1-2-6-19(7-3-1)18-27-22-9-5-4-8-21(22)23(20-10-16-26-17-11-20)25-14-12-24-13-15-25/h1-9,20,23-24H,10-18H2/t23-/m1/s1. The lowest BCUT2D eigenvalue weighted by atomic mass is 9.85. The fourth-order valence-electron chi connectivity index (χ4n) is 4.33. The second-order valence-electron chi connectivity index (χ2n) is 7.49. The van der Waals surface area contributed by atoms with Crippen LogP contribution in [0.3, 0.4) is 0 Å². The van der Waals surface area contributed by atoms with Gasteiger partial charge in [0.1, 0.15) is 12.4 Å². The molecule has 4 heteroatoms. The molecule has 4 nitrogen and oxygen atoms in total. The molecule has 2 heterocycles. The SMILES string of the molecule is c1ccc(COc2ccccc2[C@@H](C2CCOCC2)N2CCNCC2)cc1. The summed E-state index contributed by atoms with van der Waals surface area (Å²) < 4.78 is 12.0. The van der Waals surface area contributed by atoms with Gasteiger partial charge in [-0.2, -0.15) is 0 Å². The Morgan fingerprint density at radius 3 is 2.44 bits per heavy atom. The van der Waals surface area contributed by atoms with Crippen molar-refractivity contribution in [2.75, 3.05) is 39.4 Å². The summed E-state index contributed by atoms with van der Waals surface area (Å²) in [4.78, 5) is 2.65. The van der Waals surface area contributed by atoms with Gasteiger partial charge in [-0.1, -0.05) is 48.5 Å². The normalized spacial score (nSPS) is 20.3. The van der Waals surface area contributed by atoms with E-state index < -0.39 is 0 Å². The van der Waals surface area contributed by atoms with Crippen LogP contribution < -0.4 is 10.1 Å². The van der Waals surface area contributed by atoms with Gasteiger partial charge >= 0.3 is 0 Å². The Kier molecular flexibility index (Phi) is 6.40. The molecule has 2 saturated heterocycles. The monoisotopic (exact) mass is 366 g/mol. The molecule has 1 atom stereocenters. The van der Waals surface area contributed by atoms with Gasteiger partial charge in [-0.3, -0.25) is 4.90 Å². The summed E-state index contributed by atoms with van der Waals surface area (Å²) in [7, 11) is 0. The molecule has 0 radical (unpaired) electrons. The first-order valence-electron chi connectivity index (χ1n) is 10.2. The molecule has 0 aliphatic carbocycles. The van der Waals surface area contributed by atoms with Crippen molar-refractivity contribution < 1.29 is 9.47 Å². The highest BCUT2D eigenvalue weighted by atomic mass is 16.5. The van der Waals surface area contributed by atoms with E-state index in [-0.39, 0.29) is 0 Å². The third kappa shape index (κ3) is 4.70. The highest BCUT2D eigenvalue weighted by Gasteiger charge is 2.33. The van der Waals surface area contributed by atoms with Crippen LogP contribution in [0.5, 0.6) is 5.75 Å². The summed E-state index contributed by atoms with van der Waals surface area (Å²) in [6.07, 6.45) is 2.25. The molecule has 0 saturated carbocycles. The van der Waals surface area contributed by atoms with E-state index in [0.29, 0.717) is 18.6 Å². The van der Waals surface area contributed by atoms with Crippen molar-refractivity contribution in [1.82, 2.24) is 10.2 Å². The Morgan fingerprint density at radius 1 is 0.963 bits per heavy atom. The highest BCUT2D eigenvalue weighted by molar-refractivity contribution is 5.37. The zero-order valence-corrected chi connectivity index (χ0v) is 16.0. The molecule has 1 N–H and O–H groups in total. The Bertz CT molecular complexity index is 677. The number of ether oxygens (including phenoxy) is 2. The third-order valence-corrected chi connectivity index (χ3v) is 5.73. The van der Waals surface area contributed by atoms with Crippen molar-refractivity contribution in [2.45, 2.75) is 25.5 Å². The summed E-state index contributed by atoms with van der Waals surface area (Å²) in [5.74, 6) is 1.65. The molecule has 0 amide bonds. The zero-order chi connectivity index (χ0) is 18.3. The molecule has 2 aliphatic heterocycles. The Balaban J connectivity index is 1.58. The van der Waals surface area contributed by atoms with Crippen molar-refractivity contribution in [2.24, 2.45) is 5.92 Å². The predicted molar refractivity (Wildman–Crippen MR) is 108 cm³/mol. The molecule has 144 valence electrons. The van der Waals surface area contributed by atoms with Crippen LogP contribution in [0.15, 0.2) is 54.6 Å². The topological polar surface area (TPSA) is 33.7 Å². The van der Waals surface area contributed by atoms with E-state index >= 15 is 0 Å². The fraction of sp³-hybridized carbons (Fsp3) is 0.478. The molecular formula is C23H30N2O2. The van der Waals surface area contributed by atoms with Gasteiger partial charge in [-0.15, -0.1) is 0 Å². The summed E-state index contributed by atoms with van der Waals surface area (Å²) in [6.45, 7) is 6.67. The number of nitrogens with one attached hydrogen (secondary N) is 1. The van der Waals surface area contributed by atoms with E-state index in [9.17, 15) is 0 Å². The largest absolute Gasteiger partial charge is 0.489 e. The number of para-hydroxylation sites is 1. The number of hydrogen-bond donors (Lipinski definition) is 1. The van der Waals surface area contributed by atoms with E-state index in [1.54, 1.807) is 0 Å². The fourth-order valence-corrected chi connectivity index (χ4v) is 4.33. The van der Waals surface area contributed by atoms with E-state index in [4.69, 9.17) is 9.47 Å². The van der Waals surface area contributed by atoms with E-state index in [2.05, 4.69) is 58.7 Å². The first-order chi connectivity index (χ1) is 13.4. The van der Waals surface area contributed by atoms with Gasteiger partial charge < -0.3 is 14.8 Å². The average Bonchev–Trinajstić information content (AvgIpc) is 2.76. The third-order valence-electron chi connectivity index (χ3n) is 5.73. The van der Waals surface area contributed by atoms with Crippen molar-refractivity contribution in [3.8, 4) is 5.75 Å². The van der Waals surface area contributed by atoms with Crippen LogP contribution in [0.2, 0.25) is 0 Å². The van der Waals surface area contributed by atoms with E-state index in [1.165, 1.54) is 11.1 Å². The van der Waals surface area contributed by atoms with E-state index in [0.717, 1.165) is 58.0 Å². The zero-order valence-electron chi connectivity index (χ0n) is 16.0. The van der Waals surface area contributed by atoms with Crippen molar-refractivity contribution in [1.29, 1.82) is 0 Å². The van der Waals surface area contributed by atoms with Crippen LogP contribution in [0.25, 0.3) is 0 Å². The second kappa shape index (κ2) is 9.36. The van der Waals surface area contributed by atoms with Gasteiger partial charge in [0.2, 0.25) is 0 Å². The van der Waals surface area contributed by atoms with Crippen LogP contribution in [0, 0.1) is 5.92 Å². The maximum Gasteiger partial charge on any atom is 0.124 e. The minimum absolute atomic E-state index is 0.406. The van der Waals surface area contributed by atoms with Crippen LogP contribution in [-0.4, -0.2) is 44.3 Å². The van der Waals surface area contributed by atoms with Gasteiger partial charge in [-0.25, -0.2) is 0 Å². The maximum absolute atomic E-state index is 6.31. The summed E-state index contributed by atoms with van der Waals surface area (Å²) >= 11 is 0. The van der Waals surface area contributed by atoms with Crippen LogP contribution in [0.1, 0.15) is 30.0 Å². The lowest BCUT2D eigenvalue weighted by molar-refractivity contribution is 0.0204.